The molecule has 4 nitrogen and oxygen atoms in total. The lowest BCUT2D eigenvalue weighted by molar-refractivity contribution is -0.146. The maximum absolute atomic E-state index is 13.4. The van der Waals surface area contributed by atoms with Gasteiger partial charge in [-0.3, -0.25) is 9.59 Å². The molecule has 1 amide bonds. The van der Waals surface area contributed by atoms with Gasteiger partial charge < -0.3 is 10.1 Å². The third-order valence-electron chi connectivity index (χ3n) is 5.27. The van der Waals surface area contributed by atoms with Crippen molar-refractivity contribution in [2.45, 2.75) is 63.5 Å². The smallest absolute Gasteiger partial charge is 0.306 e. The van der Waals surface area contributed by atoms with E-state index < -0.39 is 16.1 Å². The maximum atomic E-state index is 13.4. The zero-order chi connectivity index (χ0) is 22.4. The van der Waals surface area contributed by atoms with Gasteiger partial charge in [-0.15, -0.1) is 0 Å². The molecule has 0 aliphatic heterocycles. The minimum Gasteiger partial charge on any atom is -0.461 e. The molecule has 0 aliphatic rings. The normalized spacial score (nSPS) is 13.9. The third kappa shape index (κ3) is 6.95. The number of rotatable bonds is 9. The molecule has 2 aromatic carbocycles. The highest BCUT2D eigenvalue weighted by Gasteiger charge is 2.49. The Balaban J connectivity index is 2.22. The molecule has 0 saturated carbocycles. The highest BCUT2D eigenvalue weighted by Crippen LogP contribution is 2.42. The van der Waals surface area contributed by atoms with E-state index in [0.29, 0.717) is 6.54 Å². The highest BCUT2D eigenvalue weighted by atomic mass is 28.3. The van der Waals surface area contributed by atoms with Gasteiger partial charge in [0.2, 0.25) is 5.91 Å². The van der Waals surface area contributed by atoms with E-state index in [1.807, 2.05) is 60.7 Å². The van der Waals surface area contributed by atoms with Crippen LogP contribution in [0.15, 0.2) is 60.7 Å². The highest BCUT2D eigenvalue weighted by molar-refractivity contribution is 6.87. The molecular weight excluding hydrogens is 406 g/mol. The zero-order valence-corrected chi connectivity index (χ0v) is 21.1. The van der Waals surface area contributed by atoms with Crippen LogP contribution in [0.25, 0.3) is 0 Å². The van der Waals surface area contributed by atoms with E-state index in [1.54, 1.807) is 0 Å². The van der Waals surface area contributed by atoms with Crippen molar-refractivity contribution >= 4 is 28.0 Å². The Morgan fingerprint density at radius 2 is 1.23 bits per heavy atom. The minimum absolute atomic E-state index is 0.0258. The molecular formula is C24H35NO3Si2. The fourth-order valence-electron chi connectivity index (χ4n) is 3.75. The summed E-state index contributed by atoms with van der Waals surface area (Å²) in [5.74, 6) is -0.262. The van der Waals surface area contributed by atoms with Gasteiger partial charge >= 0.3 is 5.97 Å². The van der Waals surface area contributed by atoms with Crippen LogP contribution in [0.4, 0.5) is 0 Å². The number of benzene rings is 2. The van der Waals surface area contributed by atoms with Crippen LogP contribution in [0, 0.1) is 0 Å². The van der Waals surface area contributed by atoms with Crippen molar-refractivity contribution in [1.29, 1.82) is 0 Å². The summed E-state index contributed by atoms with van der Waals surface area (Å²) in [4.78, 5) is 26.7. The molecule has 2 atom stereocenters. The monoisotopic (exact) mass is 441 g/mol. The van der Waals surface area contributed by atoms with Crippen LogP contribution >= 0.6 is 0 Å². The number of hydrogen-bond acceptors (Lipinski definition) is 3. The standard InChI is InChI=1S/C24H35NO3Si2/c1-29(2,3)21(23(26)25-17-19-13-9-7-10-14-19)22(30(4,5)6)24(27)28-18-20-15-11-8-12-16-20/h7-16,21-22H,17-18H2,1-6H3,(H,25,26)/t21-,22+/m0/s1. The van der Waals surface area contributed by atoms with Gasteiger partial charge in [0.25, 0.3) is 0 Å². The number of ether oxygens (including phenoxy) is 1. The van der Waals surface area contributed by atoms with Gasteiger partial charge in [-0.05, 0) is 11.1 Å². The number of esters is 1. The van der Waals surface area contributed by atoms with Crippen molar-refractivity contribution in [3.05, 3.63) is 71.8 Å². The largest absolute Gasteiger partial charge is 0.461 e. The zero-order valence-electron chi connectivity index (χ0n) is 19.1. The summed E-state index contributed by atoms with van der Waals surface area (Å²) >= 11 is 0. The summed E-state index contributed by atoms with van der Waals surface area (Å²) in [7, 11) is -4.04. The SMILES string of the molecule is C[Si](C)(C)[C@H](C(=O)NCc1ccccc1)[C@H](C(=O)OCc1ccccc1)[Si](C)(C)C. The van der Waals surface area contributed by atoms with E-state index in [0.717, 1.165) is 11.1 Å². The Morgan fingerprint density at radius 3 is 1.70 bits per heavy atom. The number of amides is 1. The summed E-state index contributed by atoms with van der Waals surface area (Å²) < 4.78 is 5.74. The van der Waals surface area contributed by atoms with Crippen molar-refractivity contribution < 1.29 is 14.3 Å². The van der Waals surface area contributed by atoms with Crippen LogP contribution in [0.3, 0.4) is 0 Å². The first kappa shape index (κ1) is 24.1. The molecule has 0 radical (unpaired) electrons. The Bertz CT molecular complexity index is 756. The Morgan fingerprint density at radius 1 is 0.767 bits per heavy atom. The number of carbonyl (C=O) groups excluding carboxylic acids is 2. The Labute approximate surface area is 183 Å². The first-order valence-electron chi connectivity index (χ1n) is 10.5. The molecule has 0 bridgehead atoms. The van der Waals surface area contributed by atoms with Crippen LogP contribution in [0.2, 0.25) is 50.4 Å². The fourth-order valence-corrected chi connectivity index (χ4v) is 10.7. The summed E-state index contributed by atoms with van der Waals surface area (Å²) in [6.07, 6.45) is 0. The van der Waals surface area contributed by atoms with Gasteiger partial charge in [0, 0.05) is 12.1 Å². The quantitative estimate of drug-likeness (QED) is 0.415. The van der Waals surface area contributed by atoms with Crippen LogP contribution in [-0.2, 0) is 27.5 Å². The molecule has 0 fully saturated rings. The first-order valence-corrected chi connectivity index (χ1v) is 17.7. The number of nitrogens with one attached hydrogen (secondary N) is 1. The van der Waals surface area contributed by atoms with Gasteiger partial charge in [0.05, 0.1) is 21.7 Å². The topological polar surface area (TPSA) is 55.4 Å². The van der Waals surface area contributed by atoms with Gasteiger partial charge in [-0.2, -0.15) is 0 Å². The van der Waals surface area contributed by atoms with Crippen molar-refractivity contribution in [3.8, 4) is 0 Å². The lowest BCUT2D eigenvalue weighted by Crippen LogP contribution is -2.50. The second-order valence-corrected chi connectivity index (χ2v) is 20.7. The van der Waals surface area contributed by atoms with Gasteiger partial charge in [0.1, 0.15) is 6.61 Å². The first-order chi connectivity index (χ1) is 14.0. The van der Waals surface area contributed by atoms with E-state index in [9.17, 15) is 9.59 Å². The van der Waals surface area contributed by atoms with Gasteiger partial charge in [0.15, 0.2) is 0 Å². The van der Waals surface area contributed by atoms with E-state index >= 15 is 0 Å². The second-order valence-electron chi connectivity index (χ2n) is 9.98. The minimum atomic E-state index is -2.03. The third-order valence-corrected chi connectivity index (χ3v) is 10.5. The molecule has 0 heterocycles. The van der Waals surface area contributed by atoms with Crippen LogP contribution in [0.1, 0.15) is 11.1 Å². The average Bonchev–Trinajstić information content (AvgIpc) is 2.68. The average molecular weight is 442 g/mol. The molecule has 0 aromatic heterocycles. The molecule has 2 aromatic rings. The summed E-state index contributed by atoms with van der Waals surface area (Å²) in [5, 5.41) is 3.10. The molecule has 162 valence electrons. The number of carbonyl (C=O) groups is 2. The summed E-state index contributed by atoms with van der Waals surface area (Å²) in [6, 6.07) is 19.6. The molecule has 0 saturated heterocycles. The van der Waals surface area contributed by atoms with E-state index in [-0.39, 0.29) is 29.6 Å². The lowest BCUT2D eigenvalue weighted by Gasteiger charge is -2.39. The summed E-state index contributed by atoms with van der Waals surface area (Å²) in [6.45, 7) is 13.7. The van der Waals surface area contributed by atoms with Gasteiger partial charge in [-0.1, -0.05) is 99.9 Å². The van der Waals surface area contributed by atoms with E-state index in [4.69, 9.17) is 4.74 Å². The van der Waals surface area contributed by atoms with Crippen molar-refractivity contribution in [2.75, 3.05) is 0 Å². The molecule has 6 heteroatoms. The van der Waals surface area contributed by atoms with Crippen molar-refractivity contribution in [3.63, 3.8) is 0 Å². The lowest BCUT2D eigenvalue weighted by atomic mass is 10.2. The van der Waals surface area contributed by atoms with Crippen molar-refractivity contribution in [1.82, 2.24) is 5.32 Å². The fraction of sp³-hybridized carbons (Fsp3) is 0.417. The maximum Gasteiger partial charge on any atom is 0.306 e. The molecule has 0 spiro atoms. The molecule has 30 heavy (non-hydrogen) atoms. The van der Waals surface area contributed by atoms with Crippen LogP contribution < -0.4 is 5.32 Å². The Kier molecular flexibility index (Phi) is 8.20. The Hall–Kier alpha value is -2.19. The number of hydrogen-bond donors (Lipinski definition) is 1. The predicted molar refractivity (Wildman–Crippen MR) is 129 cm³/mol. The van der Waals surface area contributed by atoms with E-state index in [1.165, 1.54) is 0 Å². The van der Waals surface area contributed by atoms with E-state index in [2.05, 4.69) is 44.6 Å². The van der Waals surface area contributed by atoms with Crippen molar-refractivity contribution in [2.24, 2.45) is 0 Å². The summed E-state index contributed by atoms with van der Waals surface area (Å²) in [5.41, 5.74) is 1.31. The predicted octanol–water partition coefficient (Wildman–Crippen LogP) is 5.46. The molecule has 2 rings (SSSR count). The van der Waals surface area contributed by atoms with Crippen LogP contribution in [-0.4, -0.2) is 28.0 Å². The molecule has 1 N–H and O–H groups in total. The molecule has 0 aliphatic carbocycles. The van der Waals surface area contributed by atoms with Gasteiger partial charge in [-0.25, -0.2) is 0 Å². The van der Waals surface area contributed by atoms with Crippen LogP contribution in [0.5, 0.6) is 0 Å². The second kappa shape index (κ2) is 10.2. The molecule has 0 unspecified atom stereocenters.